The van der Waals surface area contributed by atoms with E-state index >= 15 is 0 Å². The molecule has 0 amide bonds. The van der Waals surface area contributed by atoms with Crippen molar-refractivity contribution in [3.8, 4) is 0 Å². The molecule has 4 saturated heterocycles. The van der Waals surface area contributed by atoms with Crippen molar-refractivity contribution in [2.75, 3.05) is 26.7 Å². The van der Waals surface area contributed by atoms with Crippen molar-refractivity contribution in [1.29, 1.82) is 0 Å². The quantitative estimate of drug-likeness (QED) is 0.650. The predicted octanol–water partition coefficient (Wildman–Crippen LogP) is 0.359. The molecule has 10 unspecified atom stereocenters. The van der Waals surface area contributed by atoms with Crippen LogP contribution in [-0.4, -0.2) is 57.1 Å². The molecule has 6 rings (SSSR count). The van der Waals surface area contributed by atoms with Crippen LogP contribution >= 0.6 is 0 Å². The summed E-state index contributed by atoms with van der Waals surface area (Å²) in [5.74, 6) is 3.00. The minimum Gasteiger partial charge on any atom is -0.349 e. The van der Waals surface area contributed by atoms with Crippen LogP contribution in [0, 0.1) is 23.7 Å². The van der Waals surface area contributed by atoms with E-state index < -0.39 is 0 Å². The fraction of sp³-hybridized carbons (Fsp3) is 0.895. The molecular weight excluding hydrogens is 306 g/mol. The molecule has 0 bridgehead atoms. The monoisotopic (exact) mass is 334 g/mol. The Balaban J connectivity index is 1.25. The van der Waals surface area contributed by atoms with Crippen molar-refractivity contribution in [2.24, 2.45) is 23.7 Å². The zero-order valence-corrected chi connectivity index (χ0v) is 14.1. The number of quaternary nitrogens is 1. The first-order valence-corrected chi connectivity index (χ1v) is 9.86. The lowest BCUT2D eigenvalue weighted by atomic mass is 9.63. The van der Waals surface area contributed by atoms with Gasteiger partial charge in [0.25, 0.3) is 0 Å². The molecule has 0 aromatic carbocycles. The summed E-state index contributed by atoms with van der Waals surface area (Å²) < 4.78 is 23.3. The maximum absolute atomic E-state index is 5.95. The van der Waals surface area contributed by atoms with Crippen LogP contribution in [0.4, 0.5) is 0 Å². The maximum atomic E-state index is 5.95. The van der Waals surface area contributed by atoms with Crippen molar-refractivity contribution in [3.05, 3.63) is 12.2 Å². The van der Waals surface area contributed by atoms with E-state index in [-0.39, 0.29) is 6.10 Å². The van der Waals surface area contributed by atoms with Crippen LogP contribution in [0.15, 0.2) is 12.2 Å². The summed E-state index contributed by atoms with van der Waals surface area (Å²) in [4.78, 5) is 1.83. The predicted molar refractivity (Wildman–Crippen MR) is 85.3 cm³/mol. The van der Waals surface area contributed by atoms with E-state index in [0.717, 1.165) is 17.9 Å². The average Bonchev–Trinajstić information content (AvgIpc) is 3.26. The lowest BCUT2D eigenvalue weighted by molar-refractivity contribution is -0.947. The molecule has 2 aliphatic carbocycles. The van der Waals surface area contributed by atoms with Gasteiger partial charge in [0.2, 0.25) is 0 Å². The fourth-order valence-electron chi connectivity index (χ4n) is 6.75. The maximum Gasteiger partial charge on any atom is 0.148 e. The minimum absolute atomic E-state index is 0.208. The lowest BCUT2D eigenvalue weighted by Gasteiger charge is -2.53. The van der Waals surface area contributed by atoms with Gasteiger partial charge in [-0.1, -0.05) is 12.2 Å². The van der Waals surface area contributed by atoms with Crippen LogP contribution < -0.4 is 4.90 Å². The molecule has 0 aromatic heterocycles. The van der Waals surface area contributed by atoms with E-state index in [1.165, 1.54) is 38.8 Å². The molecule has 0 spiro atoms. The zero-order chi connectivity index (χ0) is 15.7. The highest BCUT2D eigenvalue weighted by atomic mass is 16.7. The zero-order valence-electron chi connectivity index (χ0n) is 14.1. The number of fused-ring (bicyclic) bond motifs is 7. The second-order valence-electron chi connectivity index (χ2n) is 8.76. The first-order chi connectivity index (χ1) is 11.9. The summed E-state index contributed by atoms with van der Waals surface area (Å²) in [6.07, 6.45) is 11.1. The van der Waals surface area contributed by atoms with Crippen LogP contribution in [0.3, 0.4) is 0 Å². The van der Waals surface area contributed by atoms with Gasteiger partial charge >= 0.3 is 0 Å². The normalized spacial score (nSPS) is 58.3. The van der Waals surface area contributed by atoms with Gasteiger partial charge in [-0.3, -0.25) is 0 Å². The second kappa shape index (κ2) is 5.52. The summed E-state index contributed by atoms with van der Waals surface area (Å²) in [7, 11) is 0. The number of hydrogen-bond acceptors (Lipinski definition) is 4. The lowest BCUT2D eigenvalue weighted by Crippen LogP contribution is -3.20. The molecule has 5 fully saturated rings. The number of ether oxygens (including phenoxy) is 4. The third kappa shape index (κ3) is 2.12. The summed E-state index contributed by atoms with van der Waals surface area (Å²) in [5, 5.41) is 0. The van der Waals surface area contributed by atoms with Crippen LogP contribution in [0.1, 0.15) is 25.7 Å². The molecule has 1 saturated carbocycles. The highest BCUT2D eigenvalue weighted by Crippen LogP contribution is 2.44. The van der Waals surface area contributed by atoms with E-state index in [2.05, 4.69) is 12.2 Å². The Hall–Kier alpha value is -0.460. The Morgan fingerprint density at radius 2 is 1.71 bits per heavy atom. The van der Waals surface area contributed by atoms with Crippen molar-refractivity contribution in [1.82, 2.24) is 0 Å². The highest BCUT2D eigenvalue weighted by Gasteiger charge is 2.55. The van der Waals surface area contributed by atoms with Crippen LogP contribution in [0.5, 0.6) is 0 Å². The summed E-state index contributed by atoms with van der Waals surface area (Å²) in [6, 6.07) is 0.804. The molecule has 132 valence electrons. The largest absolute Gasteiger partial charge is 0.349 e. The molecule has 0 aromatic rings. The molecule has 4 aliphatic heterocycles. The van der Waals surface area contributed by atoms with E-state index in [1.54, 1.807) is 0 Å². The van der Waals surface area contributed by atoms with Crippen LogP contribution in [0.25, 0.3) is 0 Å². The van der Waals surface area contributed by atoms with Crippen LogP contribution in [-0.2, 0) is 18.9 Å². The third-order valence-corrected chi connectivity index (χ3v) is 7.89. The molecule has 5 heteroatoms. The van der Waals surface area contributed by atoms with Crippen molar-refractivity contribution in [2.45, 2.75) is 56.1 Å². The SMILES string of the molecule is C1=CC2OCOC2C2C[NH+]3CCC4CC5OCOC5CC4C3CC12. The molecule has 10 atom stereocenters. The Bertz CT molecular complexity index is 539. The Labute approximate surface area is 143 Å². The third-order valence-electron chi connectivity index (χ3n) is 7.89. The number of piperidine rings is 2. The van der Waals surface area contributed by atoms with Gasteiger partial charge < -0.3 is 23.8 Å². The van der Waals surface area contributed by atoms with Gasteiger partial charge in [0, 0.05) is 18.3 Å². The highest BCUT2D eigenvalue weighted by molar-refractivity contribution is 5.11. The number of allylic oxidation sites excluding steroid dienone is 1. The summed E-state index contributed by atoms with van der Waals surface area (Å²) in [6.45, 7) is 3.59. The van der Waals surface area contributed by atoms with Gasteiger partial charge in [0.1, 0.15) is 19.7 Å². The van der Waals surface area contributed by atoms with Gasteiger partial charge in [-0.05, 0) is 31.1 Å². The van der Waals surface area contributed by atoms with Gasteiger partial charge in [-0.2, -0.15) is 0 Å². The van der Waals surface area contributed by atoms with Crippen molar-refractivity contribution < 1.29 is 23.8 Å². The van der Waals surface area contributed by atoms with E-state index in [0.29, 0.717) is 43.7 Å². The molecule has 6 aliphatic rings. The molecule has 1 N–H and O–H groups in total. The summed E-state index contributed by atoms with van der Waals surface area (Å²) in [5.41, 5.74) is 0. The molecule has 4 heterocycles. The number of hydrogen-bond donors (Lipinski definition) is 1. The Kier molecular flexibility index (Phi) is 3.37. The smallest absolute Gasteiger partial charge is 0.148 e. The molecule has 5 nitrogen and oxygen atoms in total. The average molecular weight is 334 g/mol. The van der Waals surface area contributed by atoms with Gasteiger partial charge in [0.15, 0.2) is 0 Å². The molecule has 24 heavy (non-hydrogen) atoms. The standard InChI is InChI=1S/C19H27NO4/c1-2-16-19(24-10-21-16)14-8-20-4-3-12-6-17-18(23-9-22-17)7-13(12)15(20)5-11(1)14/h1-2,11-19H,3-10H2/p+1. The van der Waals surface area contributed by atoms with Crippen molar-refractivity contribution in [3.63, 3.8) is 0 Å². The topological polar surface area (TPSA) is 41.4 Å². The number of rotatable bonds is 0. The van der Waals surface area contributed by atoms with E-state index in [9.17, 15) is 0 Å². The fourth-order valence-corrected chi connectivity index (χ4v) is 6.75. The van der Waals surface area contributed by atoms with Gasteiger partial charge in [-0.25, -0.2) is 0 Å². The van der Waals surface area contributed by atoms with E-state index in [4.69, 9.17) is 18.9 Å². The van der Waals surface area contributed by atoms with Crippen LogP contribution in [0.2, 0.25) is 0 Å². The minimum atomic E-state index is 0.208. The molecular formula is C19H28NO4+. The van der Waals surface area contributed by atoms with E-state index in [1.807, 2.05) is 4.90 Å². The summed E-state index contributed by atoms with van der Waals surface area (Å²) >= 11 is 0. The molecule has 0 radical (unpaired) electrons. The first kappa shape index (κ1) is 14.7. The Morgan fingerprint density at radius 3 is 2.67 bits per heavy atom. The number of nitrogens with one attached hydrogen (secondary N) is 1. The van der Waals surface area contributed by atoms with Crippen molar-refractivity contribution >= 4 is 0 Å². The first-order valence-electron chi connectivity index (χ1n) is 9.86. The Morgan fingerprint density at radius 1 is 0.833 bits per heavy atom. The second-order valence-corrected chi connectivity index (χ2v) is 8.76. The van der Waals surface area contributed by atoms with Gasteiger partial charge in [-0.15, -0.1) is 0 Å². The van der Waals surface area contributed by atoms with Gasteiger partial charge in [0.05, 0.1) is 37.4 Å².